The van der Waals surface area contributed by atoms with Gasteiger partial charge >= 0.3 is 0 Å². The zero-order valence-corrected chi connectivity index (χ0v) is 11.6. The standard InChI is InChI=1S/C14H21N3O2/c1-10-7-12(8-13(15)16-10)14(18)17-5-3-11(4-6-17)9-19-2/h7-8,11H,3-6,9H2,1-2H3,(H2,15,16). The predicted octanol–water partition coefficient (Wildman–Crippen LogP) is 1.47. The van der Waals surface area contributed by atoms with E-state index >= 15 is 0 Å². The minimum atomic E-state index is 0.0491. The van der Waals surface area contributed by atoms with Crippen molar-refractivity contribution in [1.82, 2.24) is 9.88 Å². The third-order valence-electron chi connectivity index (χ3n) is 3.52. The smallest absolute Gasteiger partial charge is 0.254 e. The largest absolute Gasteiger partial charge is 0.384 e. The Hall–Kier alpha value is -1.62. The second-order valence-electron chi connectivity index (χ2n) is 5.11. The molecule has 0 bridgehead atoms. The zero-order valence-electron chi connectivity index (χ0n) is 11.6. The number of likely N-dealkylation sites (tertiary alicyclic amines) is 1. The van der Waals surface area contributed by atoms with Gasteiger partial charge in [0.2, 0.25) is 0 Å². The van der Waals surface area contributed by atoms with Crippen LogP contribution in [0.3, 0.4) is 0 Å². The molecule has 2 heterocycles. The molecule has 1 aromatic rings. The molecule has 0 spiro atoms. The first-order chi connectivity index (χ1) is 9.10. The summed E-state index contributed by atoms with van der Waals surface area (Å²) in [5.41, 5.74) is 7.10. The number of methoxy groups -OCH3 is 1. The highest BCUT2D eigenvalue weighted by atomic mass is 16.5. The van der Waals surface area contributed by atoms with Gasteiger partial charge in [-0.05, 0) is 37.8 Å². The van der Waals surface area contributed by atoms with E-state index in [2.05, 4.69) is 4.98 Å². The van der Waals surface area contributed by atoms with Crippen molar-refractivity contribution in [3.05, 3.63) is 23.4 Å². The Bertz CT molecular complexity index is 434. The summed E-state index contributed by atoms with van der Waals surface area (Å²) in [5.74, 6) is 1.02. The number of anilines is 1. The predicted molar refractivity (Wildman–Crippen MR) is 73.9 cm³/mol. The van der Waals surface area contributed by atoms with Crippen molar-refractivity contribution >= 4 is 11.7 Å². The maximum absolute atomic E-state index is 12.4. The Balaban J connectivity index is 2.01. The van der Waals surface area contributed by atoms with E-state index < -0.39 is 0 Å². The Morgan fingerprint density at radius 3 is 2.74 bits per heavy atom. The molecule has 0 aromatic carbocycles. The number of hydrogen-bond acceptors (Lipinski definition) is 4. The molecule has 0 unspecified atom stereocenters. The number of amides is 1. The fraction of sp³-hybridized carbons (Fsp3) is 0.571. The summed E-state index contributed by atoms with van der Waals surface area (Å²) in [6.07, 6.45) is 2.00. The van der Waals surface area contributed by atoms with Gasteiger partial charge in [-0.15, -0.1) is 0 Å². The number of ether oxygens (including phenoxy) is 1. The third kappa shape index (κ3) is 3.44. The summed E-state index contributed by atoms with van der Waals surface area (Å²) in [7, 11) is 1.72. The van der Waals surface area contributed by atoms with E-state index in [-0.39, 0.29) is 5.91 Å². The van der Waals surface area contributed by atoms with Gasteiger partial charge in [0.1, 0.15) is 5.82 Å². The van der Waals surface area contributed by atoms with Crippen LogP contribution in [0.15, 0.2) is 12.1 Å². The number of piperidine rings is 1. The van der Waals surface area contributed by atoms with Gasteiger partial charge in [-0.2, -0.15) is 0 Å². The molecule has 1 aliphatic heterocycles. The number of carbonyl (C=O) groups excluding carboxylic acids is 1. The fourth-order valence-electron chi connectivity index (χ4n) is 2.54. The van der Waals surface area contributed by atoms with Gasteiger partial charge in [-0.1, -0.05) is 0 Å². The van der Waals surface area contributed by atoms with Gasteiger partial charge in [0, 0.05) is 38.1 Å². The van der Waals surface area contributed by atoms with Gasteiger partial charge in [0.25, 0.3) is 5.91 Å². The first-order valence-corrected chi connectivity index (χ1v) is 6.62. The van der Waals surface area contributed by atoms with E-state index in [1.165, 1.54) is 0 Å². The Morgan fingerprint density at radius 2 is 2.16 bits per heavy atom. The summed E-state index contributed by atoms with van der Waals surface area (Å²) in [6.45, 7) is 4.20. The molecular weight excluding hydrogens is 242 g/mol. The molecule has 0 atom stereocenters. The molecule has 1 fully saturated rings. The Morgan fingerprint density at radius 1 is 1.47 bits per heavy atom. The summed E-state index contributed by atoms with van der Waals surface area (Å²) < 4.78 is 5.16. The summed E-state index contributed by atoms with van der Waals surface area (Å²) in [4.78, 5) is 18.4. The molecule has 1 amide bonds. The second kappa shape index (κ2) is 6.02. The fourth-order valence-corrected chi connectivity index (χ4v) is 2.54. The first-order valence-electron chi connectivity index (χ1n) is 6.62. The average molecular weight is 263 g/mol. The van der Waals surface area contributed by atoms with Crippen LogP contribution >= 0.6 is 0 Å². The van der Waals surface area contributed by atoms with E-state index in [0.29, 0.717) is 17.3 Å². The molecule has 2 N–H and O–H groups in total. The van der Waals surface area contributed by atoms with E-state index in [1.54, 1.807) is 19.2 Å². The SMILES string of the molecule is COCC1CCN(C(=O)c2cc(C)nc(N)c2)CC1. The molecule has 5 heteroatoms. The number of nitrogens with two attached hydrogens (primary N) is 1. The Kier molecular flexibility index (Phi) is 4.37. The summed E-state index contributed by atoms with van der Waals surface area (Å²) >= 11 is 0. The molecular formula is C14H21N3O2. The van der Waals surface area contributed by atoms with E-state index in [4.69, 9.17) is 10.5 Å². The van der Waals surface area contributed by atoms with Crippen molar-refractivity contribution in [1.29, 1.82) is 0 Å². The van der Waals surface area contributed by atoms with Gasteiger partial charge in [0.05, 0.1) is 0 Å². The van der Waals surface area contributed by atoms with Crippen LogP contribution < -0.4 is 5.73 Å². The molecule has 1 aliphatic rings. The van der Waals surface area contributed by atoms with Crippen LogP contribution in [0.5, 0.6) is 0 Å². The zero-order chi connectivity index (χ0) is 13.8. The van der Waals surface area contributed by atoms with Gasteiger partial charge in [-0.3, -0.25) is 4.79 Å². The molecule has 104 valence electrons. The molecule has 19 heavy (non-hydrogen) atoms. The third-order valence-corrected chi connectivity index (χ3v) is 3.52. The number of nitrogens with zero attached hydrogens (tertiary/aromatic N) is 2. The number of carbonyl (C=O) groups is 1. The maximum atomic E-state index is 12.4. The number of aromatic nitrogens is 1. The number of aryl methyl sites for hydroxylation is 1. The molecule has 0 saturated carbocycles. The lowest BCUT2D eigenvalue weighted by atomic mass is 9.97. The highest BCUT2D eigenvalue weighted by Gasteiger charge is 2.23. The van der Waals surface area contributed by atoms with Crippen molar-refractivity contribution in [2.24, 2.45) is 5.92 Å². The van der Waals surface area contributed by atoms with Crippen LogP contribution in [0.4, 0.5) is 5.82 Å². The molecule has 0 radical (unpaired) electrons. The summed E-state index contributed by atoms with van der Waals surface area (Å²) in [6, 6.07) is 3.44. The molecule has 0 aliphatic carbocycles. The number of nitrogen functional groups attached to an aromatic ring is 1. The quantitative estimate of drug-likeness (QED) is 0.896. The topological polar surface area (TPSA) is 68.5 Å². The number of hydrogen-bond donors (Lipinski definition) is 1. The normalized spacial score (nSPS) is 16.6. The van der Waals surface area contributed by atoms with Crippen LogP contribution in [-0.4, -0.2) is 42.6 Å². The van der Waals surface area contributed by atoms with Gasteiger partial charge in [-0.25, -0.2) is 4.98 Å². The molecule has 5 nitrogen and oxygen atoms in total. The summed E-state index contributed by atoms with van der Waals surface area (Å²) in [5, 5.41) is 0. The van der Waals surface area contributed by atoms with Crippen molar-refractivity contribution in [3.8, 4) is 0 Å². The van der Waals surface area contributed by atoms with Crippen molar-refractivity contribution in [2.45, 2.75) is 19.8 Å². The number of pyridine rings is 1. The van der Waals surface area contributed by atoms with Crippen molar-refractivity contribution in [2.75, 3.05) is 32.5 Å². The van der Waals surface area contributed by atoms with E-state index in [9.17, 15) is 4.79 Å². The molecule has 1 aromatic heterocycles. The van der Waals surface area contributed by atoms with Crippen LogP contribution in [0.1, 0.15) is 28.9 Å². The highest BCUT2D eigenvalue weighted by molar-refractivity contribution is 5.95. The van der Waals surface area contributed by atoms with Crippen LogP contribution in [-0.2, 0) is 4.74 Å². The van der Waals surface area contributed by atoms with Crippen LogP contribution in [0.25, 0.3) is 0 Å². The van der Waals surface area contributed by atoms with Crippen LogP contribution in [0, 0.1) is 12.8 Å². The highest BCUT2D eigenvalue weighted by Crippen LogP contribution is 2.20. The number of rotatable bonds is 3. The van der Waals surface area contributed by atoms with Crippen LogP contribution in [0.2, 0.25) is 0 Å². The minimum Gasteiger partial charge on any atom is -0.384 e. The van der Waals surface area contributed by atoms with E-state index in [0.717, 1.165) is 38.2 Å². The molecule has 2 rings (SSSR count). The minimum absolute atomic E-state index is 0.0491. The van der Waals surface area contributed by atoms with Gasteiger partial charge in [0.15, 0.2) is 0 Å². The first kappa shape index (κ1) is 13.8. The monoisotopic (exact) mass is 263 g/mol. The Labute approximate surface area is 113 Å². The van der Waals surface area contributed by atoms with E-state index in [1.807, 2.05) is 11.8 Å². The van der Waals surface area contributed by atoms with Crippen molar-refractivity contribution < 1.29 is 9.53 Å². The maximum Gasteiger partial charge on any atom is 0.254 e. The average Bonchev–Trinajstić information content (AvgIpc) is 2.38. The second-order valence-corrected chi connectivity index (χ2v) is 5.11. The molecule has 1 saturated heterocycles. The van der Waals surface area contributed by atoms with Crippen molar-refractivity contribution in [3.63, 3.8) is 0 Å². The lowest BCUT2D eigenvalue weighted by Crippen LogP contribution is -2.39. The van der Waals surface area contributed by atoms with Gasteiger partial charge < -0.3 is 15.4 Å². The lowest BCUT2D eigenvalue weighted by Gasteiger charge is -2.31. The lowest BCUT2D eigenvalue weighted by molar-refractivity contribution is 0.0613.